The molecule has 0 radical (unpaired) electrons. The van der Waals surface area contributed by atoms with Crippen molar-refractivity contribution >= 4 is 47.8 Å². The number of carbonyl (C=O) groups is 1. The second-order valence-electron chi connectivity index (χ2n) is 7.37. The fraction of sp³-hybridized carbons (Fsp3) is 0.368. The van der Waals surface area contributed by atoms with E-state index in [4.69, 9.17) is 28.0 Å². The summed E-state index contributed by atoms with van der Waals surface area (Å²) in [6.45, 7) is 2.98. The van der Waals surface area contributed by atoms with E-state index in [1.165, 1.54) is 0 Å². The SMILES string of the molecule is CC[n+]1c(CNC(=O)c2nc(Cl)c(N)nc2N)n(CCCCP(=O)([O-])O)c2cc(O)ccc21. The van der Waals surface area contributed by atoms with E-state index in [2.05, 4.69) is 15.3 Å². The van der Waals surface area contributed by atoms with Crippen LogP contribution >= 0.6 is 19.2 Å². The molecule has 0 spiro atoms. The summed E-state index contributed by atoms with van der Waals surface area (Å²) in [6.07, 6.45) is 0.375. The number of hydrogen-bond donors (Lipinski definition) is 5. The molecule has 1 atom stereocenters. The minimum absolute atomic E-state index is 0.0686. The van der Waals surface area contributed by atoms with Gasteiger partial charge in [0.2, 0.25) is 0 Å². The van der Waals surface area contributed by atoms with Gasteiger partial charge in [0, 0.05) is 12.2 Å². The lowest BCUT2D eigenvalue weighted by atomic mass is 10.2. The Bertz CT molecular complexity index is 1240. The van der Waals surface area contributed by atoms with Crippen LogP contribution in [0.1, 0.15) is 36.1 Å². The third-order valence-electron chi connectivity index (χ3n) is 5.08. The van der Waals surface area contributed by atoms with Crippen LogP contribution in [0.3, 0.4) is 0 Å². The number of carbonyl (C=O) groups excluding carboxylic acids is 1. The van der Waals surface area contributed by atoms with E-state index in [0.717, 1.165) is 5.52 Å². The van der Waals surface area contributed by atoms with Gasteiger partial charge in [0.15, 0.2) is 33.5 Å². The quantitative estimate of drug-likeness (QED) is 0.159. The van der Waals surface area contributed by atoms with Crippen LogP contribution in [0.2, 0.25) is 5.15 Å². The van der Waals surface area contributed by atoms with Gasteiger partial charge in [-0.1, -0.05) is 11.6 Å². The van der Waals surface area contributed by atoms with Crippen LogP contribution in [0.25, 0.3) is 11.0 Å². The molecule has 3 rings (SSSR count). The van der Waals surface area contributed by atoms with E-state index in [1.807, 2.05) is 16.1 Å². The highest BCUT2D eigenvalue weighted by atomic mass is 35.5. The first-order chi connectivity index (χ1) is 15.5. The zero-order chi connectivity index (χ0) is 24.3. The number of nitrogens with two attached hydrogens (primary N) is 2. The summed E-state index contributed by atoms with van der Waals surface area (Å²) in [7, 11) is -4.33. The first-order valence-corrected chi connectivity index (χ1v) is 12.3. The van der Waals surface area contributed by atoms with Crippen LogP contribution in [0.5, 0.6) is 5.75 Å². The number of aryl methyl sites for hydroxylation is 2. The molecule has 0 aliphatic heterocycles. The smallest absolute Gasteiger partial charge is 0.277 e. The van der Waals surface area contributed by atoms with Crippen molar-refractivity contribution in [3.05, 3.63) is 34.9 Å². The lowest BCUT2D eigenvalue weighted by Gasteiger charge is -2.14. The maximum atomic E-state index is 12.7. The number of benzene rings is 1. The van der Waals surface area contributed by atoms with Crippen molar-refractivity contribution in [2.75, 3.05) is 17.6 Å². The van der Waals surface area contributed by atoms with E-state index >= 15 is 0 Å². The largest absolute Gasteiger partial charge is 0.779 e. The monoisotopic (exact) mass is 497 g/mol. The molecule has 178 valence electrons. The van der Waals surface area contributed by atoms with Gasteiger partial charge >= 0.3 is 0 Å². The lowest BCUT2D eigenvalue weighted by Crippen LogP contribution is -2.40. The molecule has 1 amide bonds. The molecule has 7 N–H and O–H groups in total. The summed E-state index contributed by atoms with van der Waals surface area (Å²) in [5.41, 5.74) is 12.7. The van der Waals surface area contributed by atoms with Crippen molar-refractivity contribution in [2.24, 2.45) is 0 Å². The number of aromatic nitrogens is 4. The second kappa shape index (κ2) is 9.92. The Kier molecular flexibility index (Phi) is 7.43. The zero-order valence-corrected chi connectivity index (χ0v) is 19.5. The fourth-order valence-electron chi connectivity index (χ4n) is 3.61. The third-order valence-corrected chi connectivity index (χ3v) is 6.24. The normalized spacial score (nSPS) is 13.2. The van der Waals surface area contributed by atoms with Gasteiger partial charge in [-0.2, -0.15) is 0 Å². The number of aromatic hydroxyl groups is 1. The van der Waals surface area contributed by atoms with Crippen molar-refractivity contribution in [1.29, 1.82) is 0 Å². The molecule has 14 heteroatoms. The molecular formula is C19H25ClN7O5P. The third kappa shape index (κ3) is 5.72. The number of amides is 1. The molecule has 0 saturated carbocycles. The van der Waals surface area contributed by atoms with Crippen LogP contribution in [0, 0.1) is 0 Å². The Morgan fingerprint density at radius 2 is 2.03 bits per heavy atom. The number of nitrogens with one attached hydrogen (secondary N) is 1. The van der Waals surface area contributed by atoms with Gasteiger partial charge in [0.25, 0.3) is 11.7 Å². The molecule has 12 nitrogen and oxygen atoms in total. The first kappa shape index (κ1) is 24.7. The predicted molar refractivity (Wildman–Crippen MR) is 120 cm³/mol. The molecule has 2 aromatic heterocycles. The van der Waals surface area contributed by atoms with Gasteiger partial charge in [0.05, 0.1) is 13.1 Å². The first-order valence-electron chi connectivity index (χ1n) is 10.1. The van der Waals surface area contributed by atoms with Crippen LogP contribution < -0.4 is 26.2 Å². The molecule has 2 heterocycles. The molecule has 0 bridgehead atoms. The number of hydrogen-bond acceptors (Lipinski definition) is 8. The number of phenolic OH excluding ortho intramolecular Hbond substituents is 1. The summed E-state index contributed by atoms with van der Waals surface area (Å²) in [5.74, 6) is -0.0704. The summed E-state index contributed by atoms with van der Waals surface area (Å²) in [6, 6.07) is 4.92. The van der Waals surface area contributed by atoms with Gasteiger partial charge in [-0.25, -0.2) is 19.1 Å². The number of phenols is 1. The van der Waals surface area contributed by atoms with Crippen molar-refractivity contribution in [2.45, 2.75) is 39.4 Å². The topological polar surface area (TPSA) is 196 Å². The summed E-state index contributed by atoms with van der Waals surface area (Å²) < 4.78 is 14.9. The second-order valence-corrected chi connectivity index (χ2v) is 9.45. The zero-order valence-electron chi connectivity index (χ0n) is 17.9. The van der Waals surface area contributed by atoms with Crippen molar-refractivity contribution in [3.63, 3.8) is 0 Å². The maximum absolute atomic E-state index is 12.7. The van der Waals surface area contributed by atoms with E-state index in [1.54, 1.807) is 18.2 Å². The minimum Gasteiger partial charge on any atom is -0.779 e. The number of fused-ring (bicyclic) bond motifs is 1. The molecule has 0 aliphatic rings. The molecule has 3 aromatic rings. The predicted octanol–water partition coefficient (Wildman–Crippen LogP) is 0.518. The van der Waals surface area contributed by atoms with Gasteiger partial charge < -0.3 is 36.2 Å². The van der Waals surface area contributed by atoms with E-state index in [0.29, 0.717) is 30.9 Å². The van der Waals surface area contributed by atoms with Crippen LogP contribution in [-0.2, 0) is 24.2 Å². The van der Waals surface area contributed by atoms with Crippen molar-refractivity contribution in [3.8, 4) is 5.75 Å². The number of imidazole rings is 1. The number of nitrogen functional groups attached to an aromatic ring is 2. The highest BCUT2D eigenvalue weighted by Gasteiger charge is 2.26. The Labute approximate surface area is 194 Å². The Morgan fingerprint density at radius 3 is 2.70 bits per heavy atom. The Morgan fingerprint density at radius 1 is 1.30 bits per heavy atom. The summed E-state index contributed by atoms with van der Waals surface area (Å²) in [4.78, 5) is 40.5. The Hall–Kier alpha value is -2.92. The fourth-order valence-corrected chi connectivity index (χ4v) is 4.36. The maximum Gasteiger partial charge on any atom is 0.277 e. The van der Waals surface area contributed by atoms with Gasteiger partial charge in [0.1, 0.15) is 19.9 Å². The van der Waals surface area contributed by atoms with Crippen LogP contribution in [0.4, 0.5) is 11.6 Å². The van der Waals surface area contributed by atoms with E-state index < -0.39 is 13.5 Å². The number of halogens is 1. The number of nitrogens with zero attached hydrogens (tertiary/aromatic N) is 4. The number of rotatable bonds is 9. The summed E-state index contributed by atoms with van der Waals surface area (Å²) >= 11 is 5.87. The molecular weight excluding hydrogens is 473 g/mol. The van der Waals surface area contributed by atoms with Gasteiger partial charge in [-0.05, 0) is 31.9 Å². The van der Waals surface area contributed by atoms with Crippen molar-refractivity contribution in [1.82, 2.24) is 19.9 Å². The van der Waals surface area contributed by atoms with Crippen molar-refractivity contribution < 1.29 is 28.8 Å². The molecule has 33 heavy (non-hydrogen) atoms. The average Bonchev–Trinajstić information content (AvgIpc) is 3.03. The summed E-state index contributed by atoms with van der Waals surface area (Å²) in [5, 5.41) is 12.6. The molecule has 0 aliphatic carbocycles. The number of anilines is 2. The molecule has 1 unspecified atom stereocenters. The highest BCUT2D eigenvalue weighted by molar-refractivity contribution is 7.50. The van der Waals surface area contributed by atoms with E-state index in [-0.39, 0.29) is 47.4 Å². The van der Waals surface area contributed by atoms with Crippen LogP contribution in [0.15, 0.2) is 18.2 Å². The molecule has 1 aromatic carbocycles. The van der Waals surface area contributed by atoms with Crippen LogP contribution in [-0.4, -0.2) is 36.6 Å². The van der Waals surface area contributed by atoms with E-state index in [9.17, 15) is 19.4 Å². The lowest BCUT2D eigenvalue weighted by molar-refractivity contribution is -0.676. The van der Waals surface area contributed by atoms with Gasteiger partial charge in [-0.15, -0.1) is 0 Å². The molecule has 0 saturated heterocycles. The van der Waals surface area contributed by atoms with Gasteiger partial charge in [-0.3, -0.25) is 4.79 Å². The Balaban J connectivity index is 1.91. The standard InChI is InChI=1S/C19H25ClN7O5P/c1-2-26-12-6-5-11(28)9-13(12)27(7-3-4-8-33(30,31)32)14(26)10-23-19(29)15-17(21)25-18(22)16(20)24-15/h5-6,9H,2-4,7-8,10H2,1H3,(H7-,21,22,23,25,28,29,30,31,32). The average molecular weight is 498 g/mol. The minimum atomic E-state index is -4.33. The highest BCUT2D eigenvalue weighted by Crippen LogP contribution is 2.30. The number of unbranched alkanes of at least 4 members (excludes halogenated alkanes) is 1. The molecule has 0 fully saturated rings.